The van der Waals surface area contributed by atoms with Crippen LogP contribution in [0.2, 0.25) is 0 Å². The van der Waals surface area contributed by atoms with Gasteiger partial charge in [0, 0.05) is 12.0 Å². The topological polar surface area (TPSA) is 44.1 Å². The number of ether oxygens (including phenoxy) is 1. The van der Waals surface area contributed by atoms with Gasteiger partial charge in [-0.1, -0.05) is 24.3 Å². The minimum absolute atomic E-state index is 0.0431. The fourth-order valence-corrected chi connectivity index (χ4v) is 3.21. The number of rotatable bonds is 1. The molecule has 2 aromatic rings. The van der Waals surface area contributed by atoms with Gasteiger partial charge in [0.25, 0.3) is 0 Å². The van der Waals surface area contributed by atoms with Gasteiger partial charge in [-0.25, -0.2) is 4.98 Å². The Labute approximate surface area is 111 Å². The van der Waals surface area contributed by atoms with Crippen molar-refractivity contribution < 1.29 is 9.53 Å². The van der Waals surface area contributed by atoms with Crippen molar-refractivity contribution in [3.63, 3.8) is 0 Å². The Bertz CT molecular complexity index is 647. The van der Waals surface area contributed by atoms with E-state index < -0.39 is 0 Å². The van der Waals surface area contributed by atoms with Crippen molar-refractivity contribution in [3.8, 4) is 11.3 Å². The third-order valence-electron chi connectivity index (χ3n) is 4.11. The van der Waals surface area contributed by atoms with E-state index in [1.807, 2.05) is 24.7 Å². The maximum absolute atomic E-state index is 12.2. The van der Waals surface area contributed by atoms with Gasteiger partial charge in [-0.05, 0) is 5.56 Å². The van der Waals surface area contributed by atoms with E-state index in [2.05, 4.69) is 21.7 Å². The van der Waals surface area contributed by atoms with Crippen LogP contribution in [0.15, 0.2) is 36.8 Å². The molecule has 4 nitrogen and oxygen atoms in total. The molecule has 0 radical (unpaired) electrons. The molecule has 2 unspecified atom stereocenters. The highest BCUT2D eigenvalue weighted by Crippen LogP contribution is 2.43. The first-order chi connectivity index (χ1) is 9.36. The molecule has 4 rings (SSSR count). The number of imidazole rings is 1. The number of nitrogens with zero attached hydrogens (tertiary/aromatic N) is 2. The van der Waals surface area contributed by atoms with E-state index in [9.17, 15) is 4.79 Å². The summed E-state index contributed by atoms with van der Waals surface area (Å²) in [6.45, 7) is 1.07. The van der Waals surface area contributed by atoms with Crippen LogP contribution in [-0.2, 0) is 9.53 Å². The first-order valence-corrected chi connectivity index (χ1v) is 6.58. The second kappa shape index (κ2) is 4.03. The predicted molar refractivity (Wildman–Crippen MR) is 69.7 cm³/mol. The van der Waals surface area contributed by atoms with Crippen LogP contribution in [0.25, 0.3) is 11.3 Å². The maximum atomic E-state index is 12.2. The molecule has 2 aliphatic rings. The summed E-state index contributed by atoms with van der Waals surface area (Å²) in [5.74, 6) is 0.206. The first kappa shape index (κ1) is 10.9. The molecule has 1 aromatic heterocycles. The second-order valence-electron chi connectivity index (χ2n) is 5.12. The number of carbonyl (C=O) groups is 1. The smallest absolute Gasteiger partial charge is 0.143 e. The van der Waals surface area contributed by atoms with Gasteiger partial charge in [0.15, 0.2) is 0 Å². The van der Waals surface area contributed by atoms with Crippen LogP contribution < -0.4 is 0 Å². The van der Waals surface area contributed by atoms with Crippen LogP contribution in [0.3, 0.4) is 0 Å². The fourth-order valence-electron chi connectivity index (χ4n) is 3.21. The lowest BCUT2D eigenvalue weighted by atomic mass is 9.87. The van der Waals surface area contributed by atoms with Gasteiger partial charge in [0.1, 0.15) is 5.78 Å². The monoisotopic (exact) mass is 254 g/mol. The summed E-state index contributed by atoms with van der Waals surface area (Å²) < 4.78 is 7.63. The SMILES string of the molecule is O=C1CCOCC1C1c2ccccc2-c2cncn21. The normalized spacial score (nSPS) is 25.2. The van der Waals surface area contributed by atoms with Gasteiger partial charge in [0.05, 0.1) is 43.4 Å². The first-order valence-electron chi connectivity index (χ1n) is 6.58. The average Bonchev–Trinajstić information content (AvgIpc) is 3.00. The summed E-state index contributed by atoms with van der Waals surface area (Å²) >= 11 is 0. The van der Waals surface area contributed by atoms with Gasteiger partial charge >= 0.3 is 0 Å². The van der Waals surface area contributed by atoms with E-state index in [0.717, 1.165) is 5.69 Å². The number of benzene rings is 1. The van der Waals surface area contributed by atoms with Crippen LogP contribution in [0.1, 0.15) is 18.0 Å². The lowest BCUT2D eigenvalue weighted by Crippen LogP contribution is -2.34. The van der Waals surface area contributed by atoms with Crippen molar-refractivity contribution in [3.05, 3.63) is 42.4 Å². The molecule has 96 valence electrons. The van der Waals surface area contributed by atoms with E-state index in [1.54, 1.807) is 0 Å². The van der Waals surface area contributed by atoms with Crippen molar-refractivity contribution in [2.45, 2.75) is 12.5 Å². The maximum Gasteiger partial charge on any atom is 0.143 e. The standard InChI is InChI=1S/C15H14N2O2/c18-14-5-6-19-8-12(14)15-11-4-2-1-3-10(11)13-7-16-9-17(13)15/h1-4,7,9,12,15H,5-6,8H2. The fraction of sp³-hybridized carbons (Fsp3) is 0.333. The highest BCUT2D eigenvalue weighted by Gasteiger charge is 2.38. The van der Waals surface area contributed by atoms with Gasteiger partial charge in [0.2, 0.25) is 0 Å². The zero-order valence-corrected chi connectivity index (χ0v) is 10.5. The number of fused-ring (bicyclic) bond motifs is 3. The molecule has 0 aliphatic carbocycles. The quantitative estimate of drug-likeness (QED) is 0.782. The lowest BCUT2D eigenvalue weighted by Gasteiger charge is -2.28. The van der Waals surface area contributed by atoms with Gasteiger partial charge in [-0.15, -0.1) is 0 Å². The number of carbonyl (C=O) groups excluding carboxylic acids is 1. The molecule has 4 heteroatoms. The van der Waals surface area contributed by atoms with Crippen molar-refractivity contribution in [2.24, 2.45) is 5.92 Å². The minimum Gasteiger partial charge on any atom is -0.380 e. The molecule has 2 atom stereocenters. The predicted octanol–water partition coefficient (Wildman–Crippen LogP) is 2.06. The largest absolute Gasteiger partial charge is 0.380 e. The molecule has 1 saturated heterocycles. The Morgan fingerprint density at radius 3 is 3.11 bits per heavy atom. The van der Waals surface area contributed by atoms with Crippen molar-refractivity contribution in [2.75, 3.05) is 13.2 Å². The van der Waals surface area contributed by atoms with Crippen LogP contribution in [-0.4, -0.2) is 28.5 Å². The van der Waals surface area contributed by atoms with E-state index >= 15 is 0 Å². The van der Waals surface area contributed by atoms with Gasteiger partial charge < -0.3 is 9.30 Å². The summed E-state index contributed by atoms with van der Waals surface area (Å²) in [5.41, 5.74) is 3.49. The second-order valence-corrected chi connectivity index (χ2v) is 5.12. The molecule has 0 amide bonds. The minimum atomic E-state index is -0.0923. The Hall–Kier alpha value is -1.94. The van der Waals surface area contributed by atoms with Crippen molar-refractivity contribution in [1.29, 1.82) is 0 Å². The Balaban J connectivity index is 1.86. The Morgan fingerprint density at radius 1 is 1.32 bits per heavy atom. The van der Waals surface area contributed by atoms with Gasteiger partial charge in [-0.3, -0.25) is 4.79 Å². The molecule has 0 N–H and O–H groups in total. The molecule has 1 fully saturated rings. The number of hydrogen-bond acceptors (Lipinski definition) is 3. The number of Topliss-reactive ketones (excluding diaryl/α,β-unsaturated/α-hetero) is 1. The van der Waals surface area contributed by atoms with Crippen molar-refractivity contribution in [1.82, 2.24) is 9.55 Å². The summed E-state index contributed by atoms with van der Waals surface area (Å²) in [5, 5.41) is 0. The highest BCUT2D eigenvalue weighted by atomic mass is 16.5. The third-order valence-corrected chi connectivity index (χ3v) is 4.11. The summed E-state index contributed by atoms with van der Waals surface area (Å²) in [6.07, 6.45) is 4.21. The number of aromatic nitrogens is 2. The molecular weight excluding hydrogens is 240 g/mol. The molecule has 2 aliphatic heterocycles. The highest BCUT2D eigenvalue weighted by molar-refractivity contribution is 5.84. The molecular formula is C15H14N2O2. The summed E-state index contributed by atoms with van der Waals surface area (Å²) in [7, 11) is 0. The van der Waals surface area contributed by atoms with Crippen LogP contribution in [0, 0.1) is 5.92 Å². The Morgan fingerprint density at radius 2 is 2.21 bits per heavy atom. The van der Waals surface area contributed by atoms with E-state index in [4.69, 9.17) is 4.74 Å². The molecule has 1 aromatic carbocycles. The lowest BCUT2D eigenvalue weighted by molar-refractivity contribution is -0.131. The molecule has 0 spiro atoms. The van der Waals surface area contributed by atoms with Gasteiger partial charge in [-0.2, -0.15) is 0 Å². The molecule has 19 heavy (non-hydrogen) atoms. The van der Waals surface area contributed by atoms with Crippen molar-refractivity contribution >= 4 is 5.78 Å². The molecule has 3 heterocycles. The number of hydrogen-bond donors (Lipinski definition) is 0. The van der Waals surface area contributed by atoms with E-state index in [-0.39, 0.29) is 12.0 Å². The number of ketones is 1. The van der Waals surface area contributed by atoms with Crippen LogP contribution in [0.4, 0.5) is 0 Å². The summed E-state index contributed by atoms with van der Waals surface area (Å²) in [6, 6.07) is 8.30. The van der Waals surface area contributed by atoms with Crippen LogP contribution >= 0.6 is 0 Å². The average molecular weight is 254 g/mol. The third kappa shape index (κ3) is 1.50. The summed E-state index contributed by atoms with van der Waals surface area (Å²) in [4.78, 5) is 16.4. The zero-order chi connectivity index (χ0) is 12.8. The zero-order valence-electron chi connectivity index (χ0n) is 10.5. The Kier molecular flexibility index (Phi) is 2.32. The van der Waals surface area contributed by atoms with E-state index in [0.29, 0.717) is 25.4 Å². The molecule has 0 bridgehead atoms. The van der Waals surface area contributed by atoms with E-state index in [1.165, 1.54) is 11.1 Å². The van der Waals surface area contributed by atoms with Crippen LogP contribution in [0.5, 0.6) is 0 Å². The molecule has 0 saturated carbocycles.